The number of rotatable bonds is 9. The van der Waals surface area contributed by atoms with E-state index < -0.39 is 17.7 Å². The van der Waals surface area contributed by atoms with Crippen LogP contribution in [-0.2, 0) is 30.5 Å². The topological polar surface area (TPSA) is 58.6 Å². The molecule has 0 heterocycles. The fourth-order valence-corrected chi connectivity index (χ4v) is 3.71. The van der Waals surface area contributed by atoms with E-state index >= 15 is 0 Å². The maximum absolute atomic E-state index is 13.4. The van der Waals surface area contributed by atoms with Gasteiger partial charge in [0.25, 0.3) is 0 Å². The molecule has 1 saturated carbocycles. The number of carbonyl (C=O) groups is 1. The van der Waals surface area contributed by atoms with Crippen LogP contribution in [0.25, 0.3) is 0 Å². The molecule has 168 valence electrons. The molecule has 1 fully saturated rings. The third-order valence-electron chi connectivity index (χ3n) is 5.52. The number of benzene rings is 2. The second kappa shape index (κ2) is 9.73. The maximum Gasteiger partial charge on any atom is 0.416 e. The van der Waals surface area contributed by atoms with Crippen molar-refractivity contribution in [2.24, 2.45) is 11.8 Å². The van der Waals surface area contributed by atoms with E-state index in [1.165, 1.54) is 6.07 Å². The normalized spacial score (nSPS) is 18.6. The SMILES string of the molecule is CC(C)Cc1ccc(COc2ccc(CNC3CC(C(=O)O)C3)cc2)cc1C(F)(F)F. The highest BCUT2D eigenvalue weighted by atomic mass is 19.4. The molecule has 0 aliphatic heterocycles. The molecule has 3 rings (SSSR count). The molecule has 2 aromatic carbocycles. The summed E-state index contributed by atoms with van der Waals surface area (Å²) < 4.78 is 46.0. The first-order valence-corrected chi connectivity index (χ1v) is 10.5. The summed E-state index contributed by atoms with van der Waals surface area (Å²) in [7, 11) is 0. The smallest absolute Gasteiger partial charge is 0.416 e. The lowest BCUT2D eigenvalue weighted by Gasteiger charge is -2.33. The monoisotopic (exact) mass is 435 g/mol. The summed E-state index contributed by atoms with van der Waals surface area (Å²) in [6.07, 6.45) is -2.72. The number of hydrogen-bond donors (Lipinski definition) is 2. The highest BCUT2D eigenvalue weighted by molar-refractivity contribution is 5.71. The first-order chi connectivity index (χ1) is 14.6. The molecular weight excluding hydrogens is 407 g/mol. The molecule has 0 saturated heterocycles. The highest BCUT2D eigenvalue weighted by Crippen LogP contribution is 2.34. The molecule has 1 aliphatic carbocycles. The van der Waals surface area contributed by atoms with Crippen LogP contribution in [0.2, 0.25) is 0 Å². The summed E-state index contributed by atoms with van der Waals surface area (Å²) in [6, 6.07) is 12.0. The Morgan fingerprint density at radius 1 is 1.13 bits per heavy atom. The summed E-state index contributed by atoms with van der Waals surface area (Å²) in [5, 5.41) is 12.2. The minimum Gasteiger partial charge on any atom is -0.489 e. The molecule has 2 N–H and O–H groups in total. The Morgan fingerprint density at radius 2 is 1.77 bits per heavy atom. The van der Waals surface area contributed by atoms with Crippen LogP contribution < -0.4 is 10.1 Å². The maximum atomic E-state index is 13.4. The molecule has 0 spiro atoms. The molecule has 1 aliphatic rings. The number of carboxylic acid groups (broad SMARTS) is 1. The number of carboxylic acids is 1. The van der Waals surface area contributed by atoms with Gasteiger partial charge < -0.3 is 15.2 Å². The second-order valence-electron chi connectivity index (χ2n) is 8.60. The summed E-state index contributed by atoms with van der Waals surface area (Å²) in [5.74, 6) is -0.265. The Kier molecular flexibility index (Phi) is 7.26. The third kappa shape index (κ3) is 6.47. The second-order valence-corrected chi connectivity index (χ2v) is 8.60. The first kappa shape index (κ1) is 23.1. The Balaban J connectivity index is 1.53. The molecular formula is C24H28F3NO3. The zero-order valence-electron chi connectivity index (χ0n) is 17.7. The van der Waals surface area contributed by atoms with Crippen molar-refractivity contribution in [1.82, 2.24) is 5.32 Å². The fraction of sp³-hybridized carbons (Fsp3) is 0.458. The van der Waals surface area contributed by atoms with Crippen LogP contribution in [0, 0.1) is 11.8 Å². The van der Waals surface area contributed by atoms with Gasteiger partial charge in [0.05, 0.1) is 11.5 Å². The van der Waals surface area contributed by atoms with Crippen molar-refractivity contribution >= 4 is 5.97 Å². The highest BCUT2D eigenvalue weighted by Gasteiger charge is 2.34. The van der Waals surface area contributed by atoms with Crippen molar-refractivity contribution < 1.29 is 27.8 Å². The van der Waals surface area contributed by atoms with Crippen LogP contribution in [0.4, 0.5) is 13.2 Å². The van der Waals surface area contributed by atoms with Gasteiger partial charge in [0, 0.05) is 12.6 Å². The van der Waals surface area contributed by atoms with Gasteiger partial charge in [-0.05, 0) is 60.1 Å². The van der Waals surface area contributed by atoms with Gasteiger partial charge in [-0.2, -0.15) is 13.2 Å². The van der Waals surface area contributed by atoms with Crippen molar-refractivity contribution in [3.05, 3.63) is 64.7 Å². The first-order valence-electron chi connectivity index (χ1n) is 10.5. The van der Waals surface area contributed by atoms with Crippen LogP contribution in [-0.4, -0.2) is 17.1 Å². The van der Waals surface area contributed by atoms with Crippen molar-refractivity contribution in [2.75, 3.05) is 0 Å². The molecule has 4 nitrogen and oxygen atoms in total. The zero-order valence-corrected chi connectivity index (χ0v) is 17.7. The Morgan fingerprint density at radius 3 is 2.35 bits per heavy atom. The zero-order chi connectivity index (χ0) is 22.6. The summed E-state index contributed by atoms with van der Waals surface area (Å²) in [6.45, 7) is 4.48. The Hall–Kier alpha value is -2.54. The van der Waals surface area contributed by atoms with Gasteiger partial charge in [-0.15, -0.1) is 0 Å². The number of halogens is 3. The average Bonchev–Trinajstić information content (AvgIpc) is 2.65. The van der Waals surface area contributed by atoms with E-state index in [0.717, 1.165) is 5.56 Å². The molecule has 2 aromatic rings. The number of nitrogens with one attached hydrogen (secondary N) is 1. The average molecular weight is 435 g/mol. The lowest BCUT2D eigenvalue weighted by atomic mass is 9.80. The molecule has 0 amide bonds. The van der Waals surface area contributed by atoms with E-state index in [1.807, 2.05) is 26.0 Å². The van der Waals surface area contributed by atoms with Crippen LogP contribution in [0.15, 0.2) is 42.5 Å². The third-order valence-corrected chi connectivity index (χ3v) is 5.52. The minimum absolute atomic E-state index is 0.0568. The van der Waals surface area contributed by atoms with E-state index in [0.29, 0.717) is 42.7 Å². The van der Waals surface area contributed by atoms with Crippen LogP contribution >= 0.6 is 0 Å². The van der Waals surface area contributed by atoms with Crippen LogP contribution in [0.5, 0.6) is 5.75 Å². The summed E-state index contributed by atoms with van der Waals surface area (Å²) in [5.41, 5.74) is 1.22. The Labute approximate surface area is 180 Å². The van der Waals surface area contributed by atoms with E-state index in [-0.39, 0.29) is 24.5 Å². The predicted octanol–water partition coefficient (Wildman–Crippen LogP) is 5.44. The number of alkyl halides is 3. The van der Waals surface area contributed by atoms with Gasteiger partial charge >= 0.3 is 12.1 Å². The number of aliphatic carboxylic acids is 1. The van der Waals surface area contributed by atoms with Gasteiger partial charge in [-0.25, -0.2) is 0 Å². The molecule has 0 aromatic heterocycles. The lowest BCUT2D eigenvalue weighted by Crippen LogP contribution is -2.43. The van der Waals surface area contributed by atoms with Crippen LogP contribution in [0.1, 0.15) is 48.9 Å². The number of hydrogen-bond acceptors (Lipinski definition) is 3. The largest absolute Gasteiger partial charge is 0.489 e. The van der Waals surface area contributed by atoms with E-state index in [4.69, 9.17) is 9.84 Å². The van der Waals surface area contributed by atoms with Gasteiger partial charge in [-0.3, -0.25) is 4.79 Å². The van der Waals surface area contributed by atoms with Gasteiger partial charge in [-0.1, -0.05) is 38.1 Å². The van der Waals surface area contributed by atoms with E-state index in [1.54, 1.807) is 24.3 Å². The quantitative estimate of drug-likeness (QED) is 0.551. The molecule has 0 radical (unpaired) electrons. The standard InChI is InChI=1S/C24H28F3NO3/c1-15(2)9-18-6-3-17(10-22(18)24(25,26)27)14-31-21-7-4-16(5-8-21)13-28-20-11-19(12-20)23(29)30/h3-8,10,15,19-20,28H,9,11-14H2,1-2H3,(H,29,30). The van der Waals surface area contributed by atoms with Gasteiger partial charge in [0.2, 0.25) is 0 Å². The van der Waals surface area contributed by atoms with Crippen molar-refractivity contribution in [3.63, 3.8) is 0 Å². The van der Waals surface area contributed by atoms with Crippen molar-refractivity contribution in [1.29, 1.82) is 0 Å². The number of ether oxygens (including phenoxy) is 1. The van der Waals surface area contributed by atoms with Crippen LogP contribution in [0.3, 0.4) is 0 Å². The molecule has 0 unspecified atom stereocenters. The molecule has 0 atom stereocenters. The summed E-state index contributed by atoms with van der Waals surface area (Å²) >= 11 is 0. The van der Waals surface area contributed by atoms with Crippen molar-refractivity contribution in [3.8, 4) is 5.75 Å². The fourth-order valence-electron chi connectivity index (χ4n) is 3.71. The minimum atomic E-state index is -4.39. The Bertz CT molecular complexity index is 888. The molecule has 31 heavy (non-hydrogen) atoms. The van der Waals surface area contributed by atoms with Gasteiger partial charge in [0.15, 0.2) is 0 Å². The predicted molar refractivity (Wildman–Crippen MR) is 112 cm³/mol. The van der Waals surface area contributed by atoms with E-state index in [2.05, 4.69) is 5.32 Å². The molecule has 0 bridgehead atoms. The summed E-state index contributed by atoms with van der Waals surface area (Å²) in [4.78, 5) is 10.8. The molecule has 7 heteroatoms. The van der Waals surface area contributed by atoms with Crippen molar-refractivity contribution in [2.45, 2.75) is 58.5 Å². The lowest BCUT2D eigenvalue weighted by molar-refractivity contribution is -0.145. The van der Waals surface area contributed by atoms with E-state index in [9.17, 15) is 18.0 Å². The van der Waals surface area contributed by atoms with Gasteiger partial charge in [0.1, 0.15) is 12.4 Å².